The molecule has 0 aromatic heterocycles. The molecule has 18 heavy (non-hydrogen) atoms. The second-order valence-electron chi connectivity index (χ2n) is 4.81. The molecule has 1 unspecified atom stereocenters. The van der Waals surface area contributed by atoms with Gasteiger partial charge in [0.15, 0.2) is 0 Å². The van der Waals surface area contributed by atoms with Gasteiger partial charge in [-0.25, -0.2) is 4.79 Å². The Bertz CT molecular complexity index is 315. The zero-order valence-electron chi connectivity index (χ0n) is 11.1. The predicted molar refractivity (Wildman–Crippen MR) is 69.1 cm³/mol. The lowest BCUT2D eigenvalue weighted by molar-refractivity contribution is -0.125. The normalized spacial score (nSPS) is 19.5. The maximum atomic E-state index is 11.7. The quantitative estimate of drug-likeness (QED) is 0.774. The number of piperidine rings is 1. The van der Waals surface area contributed by atoms with E-state index in [1.807, 2.05) is 13.8 Å². The molecule has 1 atom stereocenters. The second-order valence-corrected chi connectivity index (χ2v) is 4.81. The number of hydrogen-bond donors (Lipinski definition) is 1. The first-order valence-electron chi connectivity index (χ1n) is 6.37. The van der Waals surface area contributed by atoms with E-state index in [9.17, 15) is 9.59 Å². The van der Waals surface area contributed by atoms with Crippen molar-refractivity contribution in [3.63, 3.8) is 0 Å². The minimum absolute atomic E-state index is 0.0290. The molecule has 1 saturated heterocycles. The highest BCUT2D eigenvalue weighted by atomic mass is 16.6. The van der Waals surface area contributed by atoms with Crippen molar-refractivity contribution in [3.8, 4) is 0 Å². The number of carbonyl (C=O) groups excluding carboxylic acids is 2. The summed E-state index contributed by atoms with van der Waals surface area (Å²) < 4.78 is 4.99. The van der Waals surface area contributed by atoms with E-state index >= 15 is 0 Å². The third-order valence-corrected chi connectivity index (χ3v) is 2.88. The molecule has 0 spiro atoms. The maximum Gasteiger partial charge on any atom is 0.410 e. The fourth-order valence-corrected chi connectivity index (χ4v) is 1.85. The van der Waals surface area contributed by atoms with Crippen LogP contribution in [0.25, 0.3) is 0 Å². The Kier molecular flexibility index (Phi) is 5.68. The average Bonchev–Trinajstić information content (AvgIpc) is 2.36. The number of hydrogen-bond acceptors (Lipinski definition) is 3. The lowest BCUT2D eigenvalue weighted by Crippen LogP contribution is -2.50. The summed E-state index contributed by atoms with van der Waals surface area (Å²) in [4.78, 5) is 24.9. The number of ether oxygens (including phenoxy) is 1. The van der Waals surface area contributed by atoms with Crippen molar-refractivity contribution >= 4 is 12.0 Å². The molecule has 0 radical (unpaired) electrons. The van der Waals surface area contributed by atoms with Gasteiger partial charge in [-0.1, -0.05) is 26.5 Å². The molecule has 5 nitrogen and oxygen atoms in total. The molecule has 0 aromatic carbocycles. The standard InChI is InChI=1S/C13H22N2O3/c1-4-8-18-13(17)15-7-5-6-11(9-15)14-12(16)10(2)3/h4,10-11H,1,5-9H2,2-3H3,(H,14,16). The van der Waals surface area contributed by atoms with Crippen LogP contribution in [0.4, 0.5) is 4.79 Å². The molecule has 0 saturated carbocycles. The fourth-order valence-electron chi connectivity index (χ4n) is 1.85. The summed E-state index contributed by atoms with van der Waals surface area (Å²) in [5, 5.41) is 2.95. The van der Waals surface area contributed by atoms with E-state index in [1.165, 1.54) is 0 Å². The maximum absolute atomic E-state index is 11.7. The molecule has 5 heteroatoms. The Morgan fingerprint density at radius 1 is 1.56 bits per heavy atom. The highest BCUT2D eigenvalue weighted by Gasteiger charge is 2.25. The summed E-state index contributed by atoms with van der Waals surface area (Å²) in [6.07, 6.45) is 2.99. The van der Waals surface area contributed by atoms with Crippen molar-refractivity contribution in [3.05, 3.63) is 12.7 Å². The largest absolute Gasteiger partial charge is 0.445 e. The van der Waals surface area contributed by atoms with Gasteiger partial charge in [-0.2, -0.15) is 0 Å². The number of nitrogens with zero attached hydrogens (tertiary/aromatic N) is 1. The molecule has 1 fully saturated rings. The molecular weight excluding hydrogens is 232 g/mol. The first kappa shape index (κ1) is 14.5. The van der Waals surface area contributed by atoms with Crippen LogP contribution in [-0.2, 0) is 9.53 Å². The van der Waals surface area contributed by atoms with Crippen LogP contribution in [0.2, 0.25) is 0 Å². The average molecular weight is 254 g/mol. The van der Waals surface area contributed by atoms with Crippen LogP contribution in [0.3, 0.4) is 0 Å². The Balaban J connectivity index is 2.43. The van der Waals surface area contributed by atoms with Gasteiger partial charge in [-0.3, -0.25) is 4.79 Å². The Morgan fingerprint density at radius 2 is 2.28 bits per heavy atom. The summed E-state index contributed by atoms with van der Waals surface area (Å²) in [5.74, 6) is -0.00518. The molecule has 0 aliphatic carbocycles. The van der Waals surface area contributed by atoms with Crippen LogP contribution < -0.4 is 5.32 Å². The summed E-state index contributed by atoms with van der Waals surface area (Å²) >= 11 is 0. The van der Waals surface area contributed by atoms with E-state index in [4.69, 9.17) is 4.74 Å². The molecule has 0 bridgehead atoms. The molecule has 1 heterocycles. The summed E-state index contributed by atoms with van der Waals surface area (Å²) in [6, 6.07) is 0.0323. The Labute approximate surface area is 108 Å². The van der Waals surface area contributed by atoms with E-state index < -0.39 is 0 Å². The van der Waals surface area contributed by atoms with Gasteiger partial charge in [0.1, 0.15) is 6.61 Å². The Morgan fingerprint density at radius 3 is 2.89 bits per heavy atom. The van der Waals surface area contributed by atoms with Gasteiger partial charge >= 0.3 is 6.09 Å². The lowest BCUT2D eigenvalue weighted by Gasteiger charge is -2.32. The molecule has 1 rings (SSSR count). The van der Waals surface area contributed by atoms with Crippen LogP contribution >= 0.6 is 0 Å². The van der Waals surface area contributed by atoms with Gasteiger partial charge in [0.05, 0.1) is 0 Å². The zero-order valence-corrected chi connectivity index (χ0v) is 11.1. The van der Waals surface area contributed by atoms with Gasteiger partial charge in [0.2, 0.25) is 5.91 Å². The first-order valence-corrected chi connectivity index (χ1v) is 6.37. The minimum Gasteiger partial charge on any atom is -0.445 e. The van der Waals surface area contributed by atoms with E-state index in [-0.39, 0.29) is 30.6 Å². The highest BCUT2D eigenvalue weighted by Crippen LogP contribution is 2.12. The second kappa shape index (κ2) is 7.03. The van der Waals surface area contributed by atoms with Crippen LogP contribution in [0.1, 0.15) is 26.7 Å². The fraction of sp³-hybridized carbons (Fsp3) is 0.692. The van der Waals surface area contributed by atoms with Crippen LogP contribution in [0, 0.1) is 5.92 Å². The van der Waals surface area contributed by atoms with E-state index in [0.29, 0.717) is 13.1 Å². The third-order valence-electron chi connectivity index (χ3n) is 2.88. The number of amides is 2. The molecule has 1 aliphatic heterocycles. The number of likely N-dealkylation sites (tertiary alicyclic amines) is 1. The Hall–Kier alpha value is -1.52. The molecular formula is C13H22N2O3. The number of carbonyl (C=O) groups is 2. The van der Waals surface area contributed by atoms with Crippen molar-refractivity contribution < 1.29 is 14.3 Å². The number of rotatable bonds is 4. The molecule has 2 amide bonds. The highest BCUT2D eigenvalue weighted by molar-refractivity contribution is 5.78. The van der Waals surface area contributed by atoms with Gasteiger partial charge in [-0.15, -0.1) is 0 Å². The van der Waals surface area contributed by atoms with Crippen molar-refractivity contribution in [2.75, 3.05) is 19.7 Å². The minimum atomic E-state index is -0.335. The first-order chi connectivity index (χ1) is 8.54. The number of nitrogens with one attached hydrogen (secondary N) is 1. The summed E-state index contributed by atoms with van der Waals surface area (Å²) in [6.45, 7) is 8.64. The van der Waals surface area contributed by atoms with Crippen molar-refractivity contribution in [1.82, 2.24) is 10.2 Å². The van der Waals surface area contributed by atoms with E-state index in [1.54, 1.807) is 11.0 Å². The lowest BCUT2D eigenvalue weighted by atomic mass is 10.1. The van der Waals surface area contributed by atoms with Gasteiger partial charge < -0.3 is 15.0 Å². The molecule has 0 aromatic rings. The van der Waals surface area contributed by atoms with Crippen molar-refractivity contribution in [2.24, 2.45) is 5.92 Å². The molecule has 102 valence electrons. The van der Waals surface area contributed by atoms with Gasteiger partial charge in [0, 0.05) is 25.0 Å². The molecule has 1 aliphatic rings. The van der Waals surface area contributed by atoms with Crippen LogP contribution in [0.15, 0.2) is 12.7 Å². The topological polar surface area (TPSA) is 58.6 Å². The monoisotopic (exact) mass is 254 g/mol. The zero-order chi connectivity index (χ0) is 13.5. The summed E-state index contributed by atoms with van der Waals surface area (Å²) in [5.41, 5.74) is 0. The summed E-state index contributed by atoms with van der Waals surface area (Å²) in [7, 11) is 0. The SMILES string of the molecule is C=CCOC(=O)N1CCCC(NC(=O)C(C)C)C1. The van der Waals surface area contributed by atoms with Gasteiger partial charge in [-0.05, 0) is 12.8 Å². The smallest absolute Gasteiger partial charge is 0.410 e. The van der Waals surface area contributed by atoms with E-state index in [2.05, 4.69) is 11.9 Å². The van der Waals surface area contributed by atoms with E-state index in [0.717, 1.165) is 12.8 Å². The molecule has 1 N–H and O–H groups in total. The van der Waals surface area contributed by atoms with Crippen molar-refractivity contribution in [1.29, 1.82) is 0 Å². The van der Waals surface area contributed by atoms with Crippen LogP contribution in [0.5, 0.6) is 0 Å². The predicted octanol–water partition coefficient (Wildman–Crippen LogP) is 1.55. The van der Waals surface area contributed by atoms with Crippen molar-refractivity contribution in [2.45, 2.75) is 32.7 Å². The van der Waals surface area contributed by atoms with Gasteiger partial charge in [0.25, 0.3) is 0 Å². The third kappa shape index (κ3) is 4.39. The van der Waals surface area contributed by atoms with Crippen LogP contribution in [-0.4, -0.2) is 42.6 Å².